The molecule has 2 heterocycles. The van der Waals surface area contributed by atoms with Crippen molar-refractivity contribution in [2.24, 2.45) is 0 Å². The molecule has 2 fully saturated rings. The second-order valence-corrected chi connectivity index (χ2v) is 6.91. The van der Waals surface area contributed by atoms with Crippen molar-refractivity contribution in [2.45, 2.75) is 49.6 Å². The molecule has 0 bridgehead atoms. The molecule has 0 unspecified atom stereocenters. The summed E-state index contributed by atoms with van der Waals surface area (Å²) < 4.78 is 1.66. The Morgan fingerprint density at radius 1 is 1.24 bits per heavy atom. The summed E-state index contributed by atoms with van der Waals surface area (Å²) in [4.78, 5) is 36.0. The van der Waals surface area contributed by atoms with Gasteiger partial charge >= 0.3 is 5.69 Å². The Balaban J connectivity index is 2.08. The van der Waals surface area contributed by atoms with Crippen LogP contribution in [0.4, 0.5) is 0 Å². The lowest BCUT2D eigenvalue weighted by Crippen LogP contribution is -2.31. The lowest BCUT2D eigenvalue weighted by Gasteiger charge is -2.11. The van der Waals surface area contributed by atoms with Crippen LogP contribution in [0.2, 0.25) is 0 Å². The lowest BCUT2D eigenvalue weighted by molar-refractivity contribution is 0.691. The van der Waals surface area contributed by atoms with Crippen LogP contribution in [0, 0.1) is 0 Å². The summed E-state index contributed by atoms with van der Waals surface area (Å²) in [6, 6.07) is 0.179. The van der Waals surface area contributed by atoms with Gasteiger partial charge in [-0.25, -0.2) is 14.8 Å². The Morgan fingerprint density at radius 3 is 2.62 bits per heavy atom. The monoisotopic (exact) mass is 304 g/mol. The fourth-order valence-corrected chi connectivity index (χ4v) is 3.33. The molecule has 2 aromatic rings. The van der Waals surface area contributed by atoms with Gasteiger partial charge in [-0.2, -0.15) is 0 Å². The van der Waals surface area contributed by atoms with Crippen molar-refractivity contribution in [1.82, 2.24) is 19.5 Å². The molecule has 0 atom stereocenters. The first-order valence-electron chi connectivity index (χ1n) is 7.38. The molecular weight excluding hydrogens is 288 g/mol. The Kier molecular flexibility index (Phi) is 2.92. The molecule has 0 aliphatic heterocycles. The third-order valence-corrected chi connectivity index (χ3v) is 4.76. The highest BCUT2D eigenvalue weighted by Gasteiger charge is 2.32. The lowest BCUT2D eigenvalue weighted by atomic mass is 10.3. The van der Waals surface area contributed by atoms with Crippen molar-refractivity contribution < 1.29 is 0 Å². The van der Waals surface area contributed by atoms with Crippen LogP contribution in [0.3, 0.4) is 0 Å². The molecule has 0 amide bonds. The molecule has 2 aliphatic rings. The number of thioether (sulfide) groups is 1. The molecule has 4 rings (SSSR count). The molecule has 6 nitrogen and oxygen atoms in total. The number of hydrogen-bond donors (Lipinski definition) is 1. The summed E-state index contributed by atoms with van der Waals surface area (Å²) in [5.74, 6) is 2.02. The molecule has 0 radical (unpaired) electrons. The maximum atomic E-state index is 12.2. The van der Waals surface area contributed by atoms with Crippen LogP contribution in [-0.4, -0.2) is 25.3 Å². The van der Waals surface area contributed by atoms with Crippen LogP contribution in [0.1, 0.15) is 50.4 Å². The maximum Gasteiger partial charge on any atom is 0.330 e. The van der Waals surface area contributed by atoms with E-state index in [1.165, 1.54) is 11.8 Å². The van der Waals surface area contributed by atoms with Gasteiger partial charge in [-0.3, -0.25) is 14.3 Å². The van der Waals surface area contributed by atoms with E-state index in [0.717, 1.165) is 37.3 Å². The first-order chi connectivity index (χ1) is 10.2. The summed E-state index contributed by atoms with van der Waals surface area (Å²) in [5.41, 5.74) is -0.188. The number of H-pyrrole nitrogens is 1. The highest BCUT2D eigenvalue weighted by Crippen LogP contribution is 2.40. The molecule has 110 valence electrons. The van der Waals surface area contributed by atoms with Crippen molar-refractivity contribution in [2.75, 3.05) is 5.75 Å². The molecule has 0 spiro atoms. The van der Waals surface area contributed by atoms with Crippen LogP contribution >= 0.6 is 11.8 Å². The van der Waals surface area contributed by atoms with E-state index < -0.39 is 0 Å². The minimum Gasteiger partial charge on any atom is -0.274 e. The number of fused-ring (bicyclic) bond motifs is 1. The Bertz CT molecular complexity index is 833. The number of hydrogen-bond acceptors (Lipinski definition) is 5. The Labute approximate surface area is 125 Å². The summed E-state index contributed by atoms with van der Waals surface area (Å²) in [5, 5.41) is 1.18. The van der Waals surface area contributed by atoms with Gasteiger partial charge in [0.1, 0.15) is 16.2 Å². The van der Waals surface area contributed by atoms with Crippen LogP contribution < -0.4 is 11.2 Å². The van der Waals surface area contributed by atoms with Crippen molar-refractivity contribution in [3.05, 3.63) is 26.7 Å². The van der Waals surface area contributed by atoms with Gasteiger partial charge < -0.3 is 0 Å². The average Bonchev–Trinajstić information content (AvgIpc) is 3.31. The van der Waals surface area contributed by atoms with Gasteiger partial charge in [0.05, 0.1) is 0 Å². The molecule has 2 saturated carbocycles. The molecule has 0 aromatic carbocycles. The molecule has 7 heteroatoms. The zero-order valence-electron chi connectivity index (χ0n) is 11.8. The fraction of sp³-hybridized carbons (Fsp3) is 0.571. The standard InChI is InChI=1S/C14H16N4O2S/c1-2-21-13-9-11(15-10(16-13)7-3-4-7)18(8-5-6-8)14(20)17-12(9)19/h7-8H,2-6H2,1H3,(H,17,19,20). The molecule has 0 saturated heterocycles. The third-order valence-electron chi connectivity index (χ3n) is 3.90. The van der Waals surface area contributed by atoms with Gasteiger partial charge in [0, 0.05) is 12.0 Å². The molecular formula is C14H16N4O2S. The second-order valence-electron chi connectivity index (χ2n) is 5.65. The van der Waals surface area contributed by atoms with Gasteiger partial charge in [-0.15, -0.1) is 11.8 Å². The normalized spacial score (nSPS) is 18.3. The van der Waals surface area contributed by atoms with Crippen molar-refractivity contribution >= 4 is 22.8 Å². The predicted octanol–water partition coefficient (Wildman–Crippen LogP) is 1.80. The number of nitrogens with one attached hydrogen (secondary N) is 1. The van der Waals surface area contributed by atoms with E-state index in [1.807, 2.05) is 6.92 Å². The van der Waals surface area contributed by atoms with Crippen LogP contribution in [0.5, 0.6) is 0 Å². The van der Waals surface area contributed by atoms with Gasteiger partial charge in [0.15, 0.2) is 5.65 Å². The van der Waals surface area contributed by atoms with Crippen LogP contribution in [0.25, 0.3) is 11.0 Å². The van der Waals surface area contributed by atoms with E-state index in [-0.39, 0.29) is 17.3 Å². The largest absolute Gasteiger partial charge is 0.330 e. The topological polar surface area (TPSA) is 80.6 Å². The molecule has 2 aliphatic carbocycles. The van der Waals surface area contributed by atoms with Crippen molar-refractivity contribution in [3.8, 4) is 0 Å². The second kappa shape index (κ2) is 4.69. The van der Waals surface area contributed by atoms with E-state index in [9.17, 15) is 9.59 Å². The number of aromatic amines is 1. The maximum absolute atomic E-state index is 12.2. The average molecular weight is 304 g/mol. The Hall–Kier alpha value is -1.63. The van der Waals surface area contributed by atoms with E-state index in [0.29, 0.717) is 22.0 Å². The first kappa shape index (κ1) is 13.1. The third kappa shape index (κ3) is 2.19. The van der Waals surface area contributed by atoms with E-state index in [4.69, 9.17) is 0 Å². The zero-order chi connectivity index (χ0) is 14.6. The molecule has 21 heavy (non-hydrogen) atoms. The molecule has 1 N–H and O–H groups in total. The molecule has 2 aromatic heterocycles. The number of rotatable bonds is 4. The first-order valence-corrected chi connectivity index (χ1v) is 8.37. The highest BCUT2D eigenvalue weighted by atomic mass is 32.2. The van der Waals surface area contributed by atoms with E-state index >= 15 is 0 Å². The zero-order valence-corrected chi connectivity index (χ0v) is 12.6. The number of nitrogens with zero attached hydrogens (tertiary/aromatic N) is 3. The van der Waals surface area contributed by atoms with Gasteiger partial charge in [-0.1, -0.05) is 6.92 Å². The minimum absolute atomic E-state index is 0.179. The fourth-order valence-electron chi connectivity index (χ4n) is 2.57. The smallest absolute Gasteiger partial charge is 0.274 e. The minimum atomic E-state index is -0.370. The van der Waals surface area contributed by atoms with Crippen molar-refractivity contribution in [3.63, 3.8) is 0 Å². The summed E-state index contributed by atoms with van der Waals surface area (Å²) >= 11 is 1.54. The SMILES string of the molecule is CCSc1nc(C2CC2)nc2c1c(=O)[nH]c(=O)n2C1CC1. The Morgan fingerprint density at radius 2 is 2.00 bits per heavy atom. The van der Waals surface area contributed by atoms with Crippen molar-refractivity contribution in [1.29, 1.82) is 0 Å². The van der Waals surface area contributed by atoms with Gasteiger partial charge in [0.2, 0.25) is 0 Å². The van der Waals surface area contributed by atoms with E-state index in [2.05, 4.69) is 15.0 Å². The summed E-state index contributed by atoms with van der Waals surface area (Å²) in [7, 11) is 0. The predicted molar refractivity (Wildman–Crippen MR) is 81.1 cm³/mol. The highest BCUT2D eigenvalue weighted by molar-refractivity contribution is 7.99. The van der Waals surface area contributed by atoms with Crippen LogP contribution in [-0.2, 0) is 0 Å². The quantitative estimate of drug-likeness (QED) is 0.688. The van der Waals surface area contributed by atoms with Gasteiger partial charge in [0.25, 0.3) is 5.56 Å². The summed E-state index contributed by atoms with van der Waals surface area (Å²) in [6.07, 6.45) is 4.14. The summed E-state index contributed by atoms with van der Waals surface area (Å²) in [6.45, 7) is 2.03. The van der Waals surface area contributed by atoms with Gasteiger partial charge in [-0.05, 0) is 31.4 Å². The van der Waals surface area contributed by atoms with Crippen LogP contribution in [0.15, 0.2) is 14.6 Å². The van der Waals surface area contributed by atoms with E-state index in [1.54, 1.807) is 4.57 Å². The number of aromatic nitrogens is 4.